The van der Waals surface area contributed by atoms with Crippen LogP contribution in [-0.2, 0) is 21.7 Å². The van der Waals surface area contributed by atoms with Crippen LogP contribution in [0.4, 0.5) is 0 Å². The lowest BCUT2D eigenvalue weighted by molar-refractivity contribution is -0.599. The van der Waals surface area contributed by atoms with E-state index in [0.717, 1.165) is 39.7 Å². The topological polar surface area (TPSA) is 35.9 Å². The minimum Gasteiger partial charge on any atom is -0.458 e. The molecule has 3 heterocycles. The molecule has 5 nitrogen and oxygen atoms in total. The second-order valence-electron chi connectivity index (χ2n) is 20.1. The van der Waals surface area contributed by atoms with E-state index in [4.69, 9.17) is 9.72 Å². The molecule has 0 aliphatic carbocycles. The van der Waals surface area contributed by atoms with E-state index in [1.807, 2.05) is 16.8 Å². The Kier molecular flexibility index (Phi) is 10.3. The normalized spacial score (nSPS) is 12.6. The molecular weight excluding hydrogens is 769 g/mol. The average Bonchev–Trinajstić information content (AvgIpc) is 3.90. The number of aromatic nitrogens is 4. The second kappa shape index (κ2) is 15.6. The lowest BCUT2D eigenvalue weighted by atomic mass is 9.75. The summed E-state index contributed by atoms with van der Waals surface area (Å²) >= 11 is 0. The van der Waals surface area contributed by atoms with E-state index in [1.165, 1.54) is 44.2 Å². The van der Waals surface area contributed by atoms with Crippen LogP contribution in [0.15, 0.2) is 170 Å². The third-order valence-corrected chi connectivity index (χ3v) is 12.9. The molecule has 0 aliphatic heterocycles. The summed E-state index contributed by atoms with van der Waals surface area (Å²) in [6.45, 7) is 22.8. The highest BCUT2D eigenvalue weighted by molar-refractivity contribution is 6.11. The van der Waals surface area contributed by atoms with Crippen LogP contribution < -0.4 is 9.30 Å². The number of hydrogen-bond donors (Lipinski definition) is 0. The molecule has 5 heteroatoms. The number of rotatable bonds is 9. The molecule has 0 saturated heterocycles. The molecule has 3 aromatic heterocycles. The minimum absolute atomic E-state index is 0.0349. The molecule has 0 aliphatic rings. The fraction of sp³-hybridized carbons (Fsp3) is 0.241. The number of imidazole rings is 1. The predicted octanol–water partition coefficient (Wildman–Crippen LogP) is 14.1. The summed E-state index contributed by atoms with van der Waals surface area (Å²) in [6.07, 6.45) is 9.71. The van der Waals surface area contributed by atoms with Gasteiger partial charge < -0.3 is 4.74 Å². The van der Waals surface area contributed by atoms with Crippen molar-refractivity contribution in [2.24, 2.45) is 0 Å². The van der Waals surface area contributed by atoms with Crippen LogP contribution in [0.5, 0.6) is 11.5 Å². The molecule has 0 bridgehead atoms. The van der Waals surface area contributed by atoms with E-state index < -0.39 is 0 Å². The first-order valence-electron chi connectivity index (χ1n) is 22.1. The van der Waals surface area contributed by atoms with Crippen molar-refractivity contribution >= 4 is 21.8 Å². The van der Waals surface area contributed by atoms with Crippen LogP contribution in [0, 0.1) is 6.33 Å². The molecule has 0 N–H and O–H groups in total. The third kappa shape index (κ3) is 7.86. The van der Waals surface area contributed by atoms with Crippen molar-refractivity contribution < 1.29 is 9.30 Å². The highest BCUT2D eigenvalue weighted by Crippen LogP contribution is 2.45. The Morgan fingerprint density at radius 1 is 0.524 bits per heavy atom. The number of hydrogen-bond acceptors (Lipinski definition) is 2. The summed E-state index contributed by atoms with van der Waals surface area (Å²) in [5, 5.41) is 2.38. The zero-order valence-corrected chi connectivity index (χ0v) is 38.4. The number of para-hydroxylation sites is 1. The number of ether oxygens (including phenoxy) is 1. The van der Waals surface area contributed by atoms with Crippen LogP contribution in [0.3, 0.4) is 0 Å². The quantitative estimate of drug-likeness (QED) is 0.107. The van der Waals surface area contributed by atoms with Gasteiger partial charge in [0.05, 0.1) is 22.4 Å². The first-order valence-corrected chi connectivity index (χ1v) is 22.1. The van der Waals surface area contributed by atoms with E-state index in [9.17, 15) is 0 Å². The van der Waals surface area contributed by atoms with Crippen molar-refractivity contribution in [3.8, 4) is 28.7 Å². The SMILES string of the molecule is CC(C)(C)c1cc(-[n+]2[c-]n(-c3cccc(Oc4cc(C(C)(C)c5ccccc5)c5c6ccccc6n(-c6cc(C(C)(C)C)ccn6)c5c4)c3)cc2)cc(C(C)(C)c2ccccc2)c1. The van der Waals surface area contributed by atoms with Crippen molar-refractivity contribution in [3.05, 3.63) is 210 Å². The summed E-state index contributed by atoms with van der Waals surface area (Å²) < 4.78 is 13.4. The van der Waals surface area contributed by atoms with Crippen molar-refractivity contribution in [2.45, 2.75) is 90.9 Å². The largest absolute Gasteiger partial charge is 0.458 e. The molecule has 0 fully saturated rings. The molecule has 0 amide bonds. The molecule has 9 aromatic rings. The molecule has 0 saturated carbocycles. The summed E-state index contributed by atoms with van der Waals surface area (Å²) in [5.74, 6) is 2.38. The van der Waals surface area contributed by atoms with Crippen LogP contribution >= 0.6 is 0 Å². The first kappa shape index (κ1) is 41.6. The Bertz CT molecular complexity index is 3100. The predicted molar refractivity (Wildman–Crippen MR) is 259 cm³/mol. The maximum absolute atomic E-state index is 6.96. The molecule has 63 heavy (non-hydrogen) atoms. The van der Waals surface area contributed by atoms with Gasteiger partial charge in [0.1, 0.15) is 17.3 Å². The average molecular weight is 827 g/mol. The fourth-order valence-corrected chi connectivity index (χ4v) is 8.89. The van der Waals surface area contributed by atoms with Crippen molar-refractivity contribution in [1.82, 2.24) is 14.1 Å². The molecule has 0 radical (unpaired) electrons. The maximum Gasteiger partial charge on any atom is 0.268 e. The molecule has 316 valence electrons. The van der Waals surface area contributed by atoms with Gasteiger partial charge in [-0.15, -0.1) is 0 Å². The Morgan fingerprint density at radius 2 is 1.17 bits per heavy atom. The Labute approximate surface area is 373 Å². The van der Waals surface area contributed by atoms with Crippen molar-refractivity contribution in [2.75, 3.05) is 0 Å². The minimum atomic E-state index is -0.357. The highest BCUT2D eigenvalue weighted by Gasteiger charge is 2.30. The summed E-state index contributed by atoms with van der Waals surface area (Å²) in [5.41, 5.74) is 11.1. The lowest BCUT2D eigenvalue weighted by Gasteiger charge is -2.30. The standard InChI is InChI=1S/C58H58N4O/c1-55(2,3)42-28-29-59-53(35-42)62-51-27-18-17-26-49(51)54-50(58(9,10)41-22-15-12-16-23-41)37-48(38-52(54)62)63-47-25-19-24-45(36-47)60-30-31-61(39-60)46-33-43(56(4,5)6)32-44(34-46)57(7,8)40-20-13-11-14-21-40/h11-38H,1-10H3. The summed E-state index contributed by atoms with van der Waals surface area (Å²) in [4.78, 5) is 4.99. The van der Waals surface area contributed by atoms with Crippen molar-refractivity contribution in [1.29, 1.82) is 0 Å². The monoisotopic (exact) mass is 826 g/mol. The highest BCUT2D eigenvalue weighted by atomic mass is 16.5. The molecule has 0 atom stereocenters. The van der Waals surface area contributed by atoms with E-state index in [-0.39, 0.29) is 21.7 Å². The van der Waals surface area contributed by atoms with Crippen molar-refractivity contribution in [3.63, 3.8) is 0 Å². The van der Waals surface area contributed by atoms with E-state index in [1.54, 1.807) is 0 Å². The first-order chi connectivity index (χ1) is 30.0. The Hall–Kier alpha value is -6.72. The van der Waals surface area contributed by atoms with Gasteiger partial charge in [0.25, 0.3) is 6.33 Å². The number of pyridine rings is 1. The van der Waals surface area contributed by atoms with Gasteiger partial charge in [-0.3, -0.25) is 13.7 Å². The van der Waals surface area contributed by atoms with Gasteiger partial charge in [0, 0.05) is 46.3 Å². The van der Waals surface area contributed by atoms with E-state index in [0.29, 0.717) is 0 Å². The van der Waals surface area contributed by atoms with Gasteiger partial charge in [-0.2, -0.15) is 0 Å². The van der Waals surface area contributed by atoms with Crippen LogP contribution in [0.1, 0.15) is 103 Å². The lowest BCUT2D eigenvalue weighted by Crippen LogP contribution is -2.31. The Morgan fingerprint density at radius 3 is 1.87 bits per heavy atom. The van der Waals surface area contributed by atoms with Gasteiger partial charge in [-0.25, -0.2) is 4.98 Å². The molecule has 9 rings (SSSR count). The zero-order chi connectivity index (χ0) is 44.3. The molecule has 0 spiro atoms. The number of benzene rings is 6. The smallest absolute Gasteiger partial charge is 0.268 e. The fourth-order valence-electron chi connectivity index (χ4n) is 8.89. The number of fused-ring (bicyclic) bond motifs is 3. The zero-order valence-electron chi connectivity index (χ0n) is 38.4. The van der Waals surface area contributed by atoms with Gasteiger partial charge in [0.15, 0.2) is 0 Å². The molecular formula is C58H58N4O. The molecule has 6 aromatic carbocycles. The van der Waals surface area contributed by atoms with Gasteiger partial charge >= 0.3 is 0 Å². The summed E-state index contributed by atoms with van der Waals surface area (Å²) in [7, 11) is 0. The van der Waals surface area contributed by atoms with Crippen LogP contribution in [-0.4, -0.2) is 14.1 Å². The van der Waals surface area contributed by atoms with E-state index in [2.05, 4.69) is 243 Å². The van der Waals surface area contributed by atoms with Crippen LogP contribution in [0.2, 0.25) is 0 Å². The Balaban J connectivity index is 1.14. The summed E-state index contributed by atoms with van der Waals surface area (Å²) in [6, 6.07) is 54.3. The third-order valence-electron chi connectivity index (χ3n) is 12.9. The molecule has 0 unspecified atom stereocenters. The van der Waals surface area contributed by atoms with E-state index >= 15 is 0 Å². The van der Waals surface area contributed by atoms with Crippen LogP contribution in [0.25, 0.3) is 39.0 Å². The maximum atomic E-state index is 6.96. The second-order valence-corrected chi connectivity index (χ2v) is 20.1. The number of nitrogens with zero attached hydrogens (tertiary/aromatic N) is 4. The van der Waals surface area contributed by atoms with Gasteiger partial charge in [0.2, 0.25) is 0 Å². The van der Waals surface area contributed by atoms with Gasteiger partial charge in [-0.05, 0) is 98.8 Å². The van der Waals surface area contributed by atoms with Gasteiger partial charge in [-0.1, -0.05) is 160 Å².